The van der Waals surface area contributed by atoms with Gasteiger partial charge in [-0.2, -0.15) is 0 Å². The molecule has 6 N–H and O–H groups in total. The number of nitrogens with two attached hydrogens (primary N) is 1. The lowest BCUT2D eigenvalue weighted by molar-refractivity contribution is -0.136. The number of ether oxygens (including phenoxy) is 3. The summed E-state index contributed by atoms with van der Waals surface area (Å²) in [6.45, 7) is 4.61. The molecule has 0 bridgehead atoms. The molecule has 5 aliphatic rings. The molecule has 0 radical (unpaired) electrons. The third-order valence-electron chi connectivity index (χ3n) is 12.4. The van der Waals surface area contributed by atoms with Crippen LogP contribution in [0.15, 0.2) is 24.5 Å². The Labute approximate surface area is 350 Å². The van der Waals surface area contributed by atoms with Crippen LogP contribution < -0.4 is 21.1 Å². The number of aliphatic hydroxyl groups is 2. The molecular formula is C41H52N8O10S. The summed E-state index contributed by atoms with van der Waals surface area (Å²) in [6.07, 6.45) is 5.64. The van der Waals surface area contributed by atoms with Crippen LogP contribution in [0.3, 0.4) is 0 Å². The molecule has 19 heteroatoms. The Kier molecular flexibility index (Phi) is 13.0. The fraction of sp³-hybridized carbons (Fsp3) is 0.585. The summed E-state index contributed by atoms with van der Waals surface area (Å²) in [5.41, 5.74) is 7.32. The summed E-state index contributed by atoms with van der Waals surface area (Å²) in [4.78, 5) is 78.5. The maximum Gasteiger partial charge on any atom is 0.264 e. The second-order valence-electron chi connectivity index (χ2n) is 16.1. The Balaban J connectivity index is 0.710. The number of hydrogen-bond donors (Lipinski definition) is 5. The Morgan fingerprint density at radius 1 is 0.950 bits per heavy atom. The average molecular weight is 849 g/mol. The molecule has 3 aromatic rings. The van der Waals surface area contributed by atoms with Gasteiger partial charge in [0.05, 0.1) is 42.9 Å². The molecule has 5 amide bonds. The van der Waals surface area contributed by atoms with Gasteiger partial charge in [0.15, 0.2) is 0 Å². The summed E-state index contributed by atoms with van der Waals surface area (Å²) >= 11 is 1.63. The number of piperidine rings is 1. The van der Waals surface area contributed by atoms with E-state index in [0.717, 1.165) is 85.4 Å². The van der Waals surface area contributed by atoms with E-state index in [2.05, 4.69) is 25.5 Å². The SMILES string of the molecule is NC(=O)[C@@H](O)C[C@H]1CCc2sc3ncnc(OC4CCC(N5CCN(C(O)COCCOCCNc6cccc7c6C(=O)N(C6CCC(=O)NC6=O)C7=O)CC5)CC4)c3c21. The predicted molar refractivity (Wildman–Crippen MR) is 217 cm³/mol. The van der Waals surface area contributed by atoms with Gasteiger partial charge in [0.25, 0.3) is 11.8 Å². The van der Waals surface area contributed by atoms with Crippen molar-refractivity contribution in [2.24, 2.45) is 5.73 Å². The van der Waals surface area contributed by atoms with Gasteiger partial charge in [0, 0.05) is 55.8 Å². The molecule has 5 heterocycles. The second-order valence-corrected chi connectivity index (χ2v) is 17.2. The third kappa shape index (κ3) is 8.88. The van der Waals surface area contributed by atoms with Crippen LogP contribution in [-0.2, 0) is 30.3 Å². The van der Waals surface area contributed by atoms with E-state index in [9.17, 15) is 34.2 Å². The molecule has 1 aromatic carbocycles. The van der Waals surface area contributed by atoms with Gasteiger partial charge in [-0.25, -0.2) is 9.97 Å². The van der Waals surface area contributed by atoms with E-state index in [1.165, 1.54) is 4.88 Å². The highest BCUT2D eigenvalue weighted by atomic mass is 32.1. The van der Waals surface area contributed by atoms with Crippen LogP contribution in [0, 0.1) is 0 Å². The van der Waals surface area contributed by atoms with Crippen LogP contribution in [0.25, 0.3) is 10.2 Å². The number of aryl methyl sites for hydroxylation is 1. The average Bonchev–Trinajstić information content (AvgIpc) is 3.89. The fourth-order valence-corrected chi connectivity index (χ4v) is 10.5. The van der Waals surface area contributed by atoms with Gasteiger partial charge in [-0.05, 0) is 75.0 Å². The van der Waals surface area contributed by atoms with E-state index < -0.39 is 47.9 Å². The first-order chi connectivity index (χ1) is 29.1. The number of carbonyl (C=O) groups excluding carboxylic acids is 5. The van der Waals surface area contributed by atoms with E-state index in [-0.39, 0.29) is 49.0 Å². The molecule has 1 saturated carbocycles. The monoisotopic (exact) mass is 848 g/mol. The van der Waals surface area contributed by atoms with Crippen molar-refractivity contribution in [2.45, 2.75) is 94.2 Å². The normalized spacial score (nSPS) is 24.7. The number of piperazine rings is 1. The lowest BCUT2D eigenvalue weighted by Gasteiger charge is -2.43. The minimum Gasteiger partial charge on any atom is -0.474 e. The number of nitrogens with zero attached hydrogens (tertiary/aromatic N) is 5. The number of carbonyl (C=O) groups is 5. The largest absolute Gasteiger partial charge is 0.474 e. The van der Waals surface area contributed by atoms with Crippen molar-refractivity contribution < 1.29 is 48.4 Å². The number of benzene rings is 1. The van der Waals surface area contributed by atoms with Gasteiger partial charge >= 0.3 is 0 Å². The summed E-state index contributed by atoms with van der Waals surface area (Å²) in [5, 5.41) is 27.3. The number of aliphatic hydroxyl groups excluding tert-OH is 2. The summed E-state index contributed by atoms with van der Waals surface area (Å²) in [6, 6.07) is 4.33. The minimum atomic E-state index is -1.19. The molecule has 18 nitrogen and oxygen atoms in total. The molecule has 4 atom stereocenters. The van der Waals surface area contributed by atoms with E-state index in [1.54, 1.807) is 35.9 Å². The highest BCUT2D eigenvalue weighted by Crippen LogP contribution is 2.48. The molecule has 3 aliphatic heterocycles. The Morgan fingerprint density at radius 2 is 1.73 bits per heavy atom. The van der Waals surface area contributed by atoms with E-state index in [0.29, 0.717) is 44.0 Å². The van der Waals surface area contributed by atoms with Crippen LogP contribution in [0.5, 0.6) is 5.88 Å². The zero-order valence-corrected chi connectivity index (χ0v) is 34.2. The van der Waals surface area contributed by atoms with Crippen LogP contribution in [-0.4, -0.2) is 154 Å². The minimum absolute atomic E-state index is 0.0105. The number of primary amides is 1. The first kappa shape index (κ1) is 42.1. The third-order valence-corrected chi connectivity index (χ3v) is 13.6. The molecule has 60 heavy (non-hydrogen) atoms. The van der Waals surface area contributed by atoms with Crippen LogP contribution >= 0.6 is 11.3 Å². The zero-order valence-electron chi connectivity index (χ0n) is 33.4. The van der Waals surface area contributed by atoms with Gasteiger partial charge in [-0.1, -0.05) is 6.07 Å². The van der Waals surface area contributed by atoms with Crippen LogP contribution in [0.4, 0.5) is 5.69 Å². The van der Waals surface area contributed by atoms with E-state index >= 15 is 0 Å². The lowest BCUT2D eigenvalue weighted by Crippen LogP contribution is -2.54. The number of amides is 5. The summed E-state index contributed by atoms with van der Waals surface area (Å²) in [5.74, 6) is -2.32. The Hall–Kier alpha value is -4.63. The molecule has 8 rings (SSSR count). The highest BCUT2D eigenvalue weighted by molar-refractivity contribution is 7.19. The molecule has 2 unspecified atom stereocenters. The van der Waals surface area contributed by atoms with Crippen molar-refractivity contribution in [1.82, 2.24) is 30.0 Å². The maximum absolute atomic E-state index is 13.3. The summed E-state index contributed by atoms with van der Waals surface area (Å²) < 4.78 is 18.0. The standard InChI is InChI=1S/C41H52N8O10S/c42-36(53)29(50)20-23-4-10-30-33(23)35-38(44-22-45-39(35)60-30)59-25-7-5-24(6-8-25)47-13-15-48(16-14-47)32(52)21-58-19-18-57-17-12-43-27-3-1-2-26-34(27)41(56)49(40(26)55)28-9-11-31(51)46-37(28)54/h1-3,22-25,28-29,32,43,50,52H,4-21H2,(H2,42,53)(H,46,51,54)/t23-,24?,25?,28?,29+,32?/m1/s1. The van der Waals surface area contributed by atoms with Gasteiger partial charge in [-0.3, -0.25) is 44.0 Å². The quantitative estimate of drug-likeness (QED) is 0.0946. The second kappa shape index (κ2) is 18.6. The fourth-order valence-electron chi connectivity index (χ4n) is 9.27. The van der Waals surface area contributed by atoms with Crippen molar-refractivity contribution >= 4 is 56.8 Å². The molecular weight excluding hydrogens is 797 g/mol. The zero-order chi connectivity index (χ0) is 41.9. The molecule has 2 aromatic heterocycles. The number of fused-ring (bicyclic) bond motifs is 4. The number of anilines is 1. The first-order valence-electron chi connectivity index (χ1n) is 20.9. The van der Waals surface area contributed by atoms with Gasteiger partial charge in [0.2, 0.25) is 23.6 Å². The Morgan fingerprint density at radius 3 is 2.50 bits per heavy atom. The molecule has 0 spiro atoms. The van der Waals surface area contributed by atoms with Crippen LogP contribution in [0.1, 0.15) is 88.4 Å². The van der Waals surface area contributed by atoms with Crippen molar-refractivity contribution in [3.63, 3.8) is 0 Å². The maximum atomic E-state index is 13.3. The van der Waals surface area contributed by atoms with Crippen molar-refractivity contribution in [1.29, 1.82) is 0 Å². The number of thiophene rings is 1. The van der Waals surface area contributed by atoms with Gasteiger partial charge in [0.1, 0.15) is 35.6 Å². The van der Waals surface area contributed by atoms with Gasteiger partial charge in [-0.15, -0.1) is 11.3 Å². The van der Waals surface area contributed by atoms with Gasteiger partial charge < -0.3 is 35.5 Å². The molecule has 3 fully saturated rings. The van der Waals surface area contributed by atoms with Crippen molar-refractivity contribution in [3.05, 3.63) is 46.1 Å². The van der Waals surface area contributed by atoms with E-state index in [1.807, 2.05) is 4.90 Å². The molecule has 2 aliphatic carbocycles. The lowest BCUT2D eigenvalue weighted by atomic mass is 9.91. The number of hydrogen-bond acceptors (Lipinski definition) is 16. The first-order valence-corrected chi connectivity index (χ1v) is 21.7. The Bertz CT molecular complexity index is 2100. The number of aromatic nitrogens is 2. The highest BCUT2D eigenvalue weighted by Gasteiger charge is 2.45. The van der Waals surface area contributed by atoms with E-state index in [4.69, 9.17) is 19.9 Å². The summed E-state index contributed by atoms with van der Waals surface area (Å²) in [7, 11) is 0. The number of rotatable bonds is 17. The van der Waals surface area contributed by atoms with Crippen molar-refractivity contribution in [3.8, 4) is 5.88 Å². The van der Waals surface area contributed by atoms with Crippen molar-refractivity contribution in [2.75, 3.05) is 64.5 Å². The predicted octanol–water partition coefficient (Wildman–Crippen LogP) is 1.13. The topological polar surface area (TPSA) is 239 Å². The number of nitrogens with one attached hydrogen (secondary N) is 2. The molecule has 322 valence electrons. The smallest absolute Gasteiger partial charge is 0.264 e. The molecule has 2 saturated heterocycles. The van der Waals surface area contributed by atoms with Crippen LogP contribution in [0.2, 0.25) is 0 Å². The number of imide groups is 2.